The molecule has 0 N–H and O–H groups in total. The van der Waals surface area contributed by atoms with Crippen LogP contribution < -0.4 is 4.90 Å². The first-order valence-corrected chi connectivity index (χ1v) is 17.4. The fourth-order valence-corrected chi connectivity index (χ4v) is 8.38. The maximum absolute atomic E-state index is 2.51. The zero-order valence-corrected chi connectivity index (χ0v) is 28.5. The normalized spacial score (nSPS) is 14.8. The second kappa shape index (κ2) is 10.9. The Morgan fingerprint density at radius 1 is 0.327 bits per heavy atom. The molecule has 0 fully saturated rings. The van der Waals surface area contributed by atoms with Crippen molar-refractivity contribution in [1.29, 1.82) is 0 Å². The van der Waals surface area contributed by atoms with Gasteiger partial charge in [-0.2, -0.15) is 0 Å². The minimum Gasteiger partial charge on any atom is -0.310 e. The molecule has 1 heteroatoms. The summed E-state index contributed by atoms with van der Waals surface area (Å²) in [5.74, 6) is 0. The predicted molar refractivity (Wildman–Crippen MR) is 207 cm³/mol. The molecule has 0 aromatic heterocycles. The van der Waals surface area contributed by atoms with Gasteiger partial charge in [0.05, 0.1) is 11.4 Å². The molecule has 49 heavy (non-hydrogen) atoms. The van der Waals surface area contributed by atoms with Gasteiger partial charge in [0.15, 0.2) is 0 Å². The Kier molecular flexibility index (Phi) is 6.58. The van der Waals surface area contributed by atoms with Crippen LogP contribution in [0.4, 0.5) is 17.1 Å². The van der Waals surface area contributed by atoms with Crippen LogP contribution in [0.3, 0.4) is 0 Å². The summed E-state index contributed by atoms with van der Waals surface area (Å²) in [5.41, 5.74) is 19.0. The molecule has 0 spiro atoms. The van der Waals surface area contributed by atoms with E-state index >= 15 is 0 Å². The topological polar surface area (TPSA) is 3.24 Å². The van der Waals surface area contributed by atoms with Crippen molar-refractivity contribution < 1.29 is 0 Å². The summed E-state index contributed by atoms with van der Waals surface area (Å²) in [6.45, 7) is 9.52. The first kappa shape index (κ1) is 29.5. The van der Waals surface area contributed by atoms with Gasteiger partial charge in [-0.05, 0) is 109 Å². The van der Waals surface area contributed by atoms with Crippen LogP contribution in [-0.2, 0) is 10.8 Å². The molecular formula is C48H39N. The lowest BCUT2D eigenvalue weighted by Gasteiger charge is -2.43. The molecule has 236 valence electrons. The van der Waals surface area contributed by atoms with Crippen molar-refractivity contribution in [3.05, 3.63) is 186 Å². The highest BCUT2D eigenvalue weighted by Gasteiger charge is 2.42. The molecule has 7 aromatic rings. The van der Waals surface area contributed by atoms with Crippen molar-refractivity contribution in [1.82, 2.24) is 0 Å². The summed E-state index contributed by atoms with van der Waals surface area (Å²) in [5, 5.41) is 0. The Bertz CT molecular complexity index is 2390. The second-order valence-electron chi connectivity index (χ2n) is 14.6. The summed E-state index contributed by atoms with van der Waals surface area (Å²) in [6, 6.07) is 60.5. The Labute approximate surface area is 290 Å². The van der Waals surface area contributed by atoms with Crippen LogP contribution in [0.1, 0.15) is 49.9 Å². The highest BCUT2D eigenvalue weighted by atomic mass is 15.2. The van der Waals surface area contributed by atoms with Gasteiger partial charge in [-0.3, -0.25) is 0 Å². The zero-order chi connectivity index (χ0) is 33.3. The van der Waals surface area contributed by atoms with Crippen molar-refractivity contribution in [3.63, 3.8) is 0 Å². The Morgan fingerprint density at radius 2 is 0.837 bits per heavy atom. The molecule has 1 aliphatic carbocycles. The lowest BCUT2D eigenvalue weighted by molar-refractivity contribution is 0.627. The van der Waals surface area contributed by atoms with Crippen LogP contribution in [-0.4, -0.2) is 0 Å². The molecule has 2 aliphatic rings. The first-order chi connectivity index (χ1) is 23.8. The van der Waals surface area contributed by atoms with Crippen molar-refractivity contribution in [2.24, 2.45) is 0 Å². The van der Waals surface area contributed by atoms with Gasteiger partial charge in [0.1, 0.15) is 0 Å². The maximum Gasteiger partial charge on any atom is 0.0506 e. The molecule has 0 unspecified atom stereocenters. The maximum atomic E-state index is 2.51. The van der Waals surface area contributed by atoms with Gasteiger partial charge in [-0.1, -0.05) is 149 Å². The molecule has 9 rings (SSSR count). The molecule has 0 atom stereocenters. The third-order valence-corrected chi connectivity index (χ3v) is 11.0. The molecule has 1 aliphatic heterocycles. The van der Waals surface area contributed by atoms with E-state index in [9.17, 15) is 0 Å². The zero-order valence-electron chi connectivity index (χ0n) is 28.5. The molecule has 0 saturated carbocycles. The smallest absolute Gasteiger partial charge is 0.0506 e. The van der Waals surface area contributed by atoms with Crippen LogP contribution in [0.5, 0.6) is 0 Å². The Morgan fingerprint density at radius 3 is 1.53 bits per heavy atom. The van der Waals surface area contributed by atoms with E-state index in [2.05, 4.69) is 196 Å². The quantitative estimate of drug-likeness (QED) is 0.187. The number of benzene rings is 7. The average Bonchev–Trinajstić information content (AvgIpc) is 3.37. The van der Waals surface area contributed by atoms with E-state index in [1.807, 2.05) is 0 Å². The largest absolute Gasteiger partial charge is 0.310 e. The highest BCUT2D eigenvalue weighted by molar-refractivity contribution is 5.92. The van der Waals surface area contributed by atoms with Crippen molar-refractivity contribution in [2.75, 3.05) is 4.90 Å². The summed E-state index contributed by atoms with van der Waals surface area (Å²) in [7, 11) is 0. The molecule has 7 aromatic carbocycles. The van der Waals surface area contributed by atoms with Crippen LogP contribution in [0.2, 0.25) is 0 Å². The van der Waals surface area contributed by atoms with Crippen LogP contribution in [0.15, 0.2) is 164 Å². The SMILES string of the molecule is CC1(C)c2ccccc2-c2cc3c(cc21)N(c1cccc(-c2cccc(-c4cccc(-c5ccccc5)c4)c2)c1)c1ccccc1C3(C)C. The lowest BCUT2D eigenvalue weighted by atomic mass is 9.71. The number of hydrogen-bond donors (Lipinski definition) is 0. The fourth-order valence-electron chi connectivity index (χ4n) is 8.38. The minimum atomic E-state index is -0.153. The van der Waals surface area contributed by atoms with Crippen molar-refractivity contribution >= 4 is 17.1 Å². The van der Waals surface area contributed by atoms with E-state index in [1.54, 1.807) is 0 Å². The number of nitrogens with zero attached hydrogens (tertiary/aromatic N) is 1. The van der Waals surface area contributed by atoms with Crippen LogP contribution in [0, 0.1) is 0 Å². The molecule has 1 heterocycles. The van der Waals surface area contributed by atoms with Crippen LogP contribution >= 0.6 is 0 Å². The van der Waals surface area contributed by atoms with Gasteiger partial charge in [0.2, 0.25) is 0 Å². The number of fused-ring (bicyclic) bond motifs is 5. The van der Waals surface area contributed by atoms with E-state index in [1.165, 1.54) is 83.8 Å². The Balaban J connectivity index is 1.17. The Hall–Kier alpha value is -5.66. The van der Waals surface area contributed by atoms with Crippen molar-refractivity contribution in [3.8, 4) is 44.5 Å². The van der Waals surface area contributed by atoms with Crippen molar-refractivity contribution in [2.45, 2.75) is 38.5 Å². The molecule has 0 bridgehead atoms. The average molecular weight is 630 g/mol. The van der Waals surface area contributed by atoms with Gasteiger partial charge in [-0.15, -0.1) is 0 Å². The van der Waals surface area contributed by atoms with E-state index in [4.69, 9.17) is 0 Å². The van der Waals surface area contributed by atoms with E-state index in [-0.39, 0.29) is 10.8 Å². The number of rotatable bonds is 4. The van der Waals surface area contributed by atoms with Gasteiger partial charge >= 0.3 is 0 Å². The van der Waals surface area contributed by atoms with E-state index in [0.717, 1.165) is 0 Å². The number of hydrogen-bond acceptors (Lipinski definition) is 1. The lowest BCUT2D eigenvalue weighted by Crippen LogP contribution is -2.31. The number of para-hydroxylation sites is 1. The molecule has 0 radical (unpaired) electrons. The summed E-state index contributed by atoms with van der Waals surface area (Å²) >= 11 is 0. The van der Waals surface area contributed by atoms with Gasteiger partial charge in [-0.25, -0.2) is 0 Å². The third kappa shape index (κ3) is 4.60. The van der Waals surface area contributed by atoms with Gasteiger partial charge in [0.25, 0.3) is 0 Å². The van der Waals surface area contributed by atoms with E-state index < -0.39 is 0 Å². The summed E-state index contributed by atoms with van der Waals surface area (Å²) in [4.78, 5) is 2.51. The number of anilines is 3. The van der Waals surface area contributed by atoms with Crippen LogP contribution in [0.25, 0.3) is 44.5 Å². The monoisotopic (exact) mass is 629 g/mol. The van der Waals surface area contributed by atoms with Gasteiger partial charge < -0.3 is 4.90 Å². The second-order valence-corrected chi connectivity index (χ2v) is 14.6. The summed E-state index contributed by atoms with van der Waals surface area (Å²) in [6.07, 6.45) is 0. The molecular weight excluding hydrogens is 591 g/mol. The minimum absolute atomic E-state index is 0.0756. The first-order valence-electron chi connectivity index (χ1n) is 17.4. The molecule has 1 nitrogen and oxygen atoms in total. The molecule has 0 amide bonds. The summed E-state index contributed by atoms with van der Waals surface area (Å²) < 4.78 is 0. The van der Waals surface area contributed by atoms with Gasteiger partial charge in [0, 0.05) is 16.5 Å². The standard InChI is InChI=1S/C48H39N/c1-47(2)41-24-9-8-23-39(41)40-30-44-46(31-43(40)47)49(45-26-11-10-25-42(45)48(44,3)4)38-22-14-21-37(29-38)36-20-13-19-35(28-36)34-18-12-17-33(27-34)32-15-6-5-7-16-32/h5-31H,1-4H3. The fraction of sp³-hybridized carbons (Fsp3) is 0.125. The highest BCUT2D eigenvalue weighted by Crippen LogP contribution is 2.57. The van der Waals surface area contributed by atoms with E-state index in [0.29, 0.717) is 0 Å². The third-order valence-electron chi connectivity index (χ3n) is 11.0. The molecule has 0 saturated heterocycles. The predicted octanol–water partition coefficient (Wildman–Crippen LogP) is 13.1.